The Bertz CT molecular complexity index is 749. The van der Waals surface area contributed by atoms with E-state index in [4.69, 9.17) is 20.2 Å². The number of aliphatic imine (C=N–C) groups is 1. The maximum atomic E-state index is 5.98. The van der Waals surface area contributed by atoms with Gasteiger partial charge in [0.2, 0.25) is 0 Å². The van der Waals surface area contributed by atoms with E-state index in [1.54, 1.807) is 14.2 Å². The van der Waals surface area contributed by atoms with Crippen LogP contribution in [-0.2, 0) is 19.3 Å². The number of fused-ring (bicyclic) bond motifs is 1. The van der Waals surface area contributed by atoms with Gasteiger partial charge in [-0.05, 0) is 44.2 Å². The van der Waals surface area contributed by atoms with Crippen molar-refractivity contribution in [2.45, 2.75) is 38.5 Å². The molecule has 0 saturated carbocycles. The summed E-state index contributed by atoms with van der Waals surface area (Å²) >= 11 is 1.87. The van der Waals surface area contributed by atoms with Crippen molar-refractivity contribution in [2.24, 2.45) is 10.7 Å². The molecule has 0 spiro atoms. The monoisotopic (exact) mass is 374 g/mol. The minimum atomic E-state index is 0.399. The zero-order valence-corrected chi connectivity index (χ0v) is 16.2. The molecule has 1 aliphatic rings. The fourth-order valence-corrected chi connectivity index (χ4v) is 4.24. The van der Waals surface area contributed by atoms with E-state index in [0.717, 1.165) is 24.9 Å². The van der Waals surface area contributed by atoms with E-state index in [0.29, 0.717) is 24.0 Å². The van der Waals surface area contributed by atoms with Gasteiger partial charge in [0.15, 0.2) is 17.5 Å². The number of methoxy groups -OCH3 is 2. The molecule has 26 heavy (non-hydrogen) atoms. The average Bonchev–Trinajstić information content (AvgIpc) is 3.08. The van der Waals surface area contributed by atoms with Crippen molar-refractivity contribution >= 4 is 23.0 Å². The summed E-state index contributed by atoms with van der Waals surface area (Å²) in [7, 11) is 3.22. The molecule has 0 atom stereocenters. The number of ether oxygens (including phenoxy) is 2. The number of rotatable bonds is 7. The number of aryl methyl sites for hydroxylation is 3. The Hall–Kier alpha value is -2.28. The molecular formula is C19H26N4O2S. The van der Waals surface area contributed by atoms with Gasteiger partial charge in [0.05, 0.1) is 24.9 Å². The van der Waals surface area contributed by atoms with Gasteiger partial charge in [-0.2, -0.15) is 0 Å². The van der Waals surface area contributed by atoms with Gasteiger partial charge < -0.3 is 20.5 Å². The molecule has 1 aromatic carbocycles. The molecule has 3 N–H and O–H groups in total. The first-order valence-corrected chi connectivity index (χ1v) is 9.77. The van der Waals surface area contributed by atoms with Gasteiger partial charge in [-0.3, -0.25) is 4.99 Å². The predicted octanol–water partition coefficient (Wildman–Crippen LogP) is 3.40. The predicted molar refractivity (Wildman–Crippen MR) is 107 cm³/mol. The highest BCUT2D eigenvalue weighted by Gasteiger charge is 2.14. The lowest BCUT2D eigenvalue weighted by Gasteiger charge is -2.10. The Kier molecular flexibility index (Phi) is 6.33. The van der Waals surface area contributed by atoms with Crippen LogP contribution < -0.4 is 20.5 Å². The highest BCUT2D eigenvalue weighted by molar-refractivity contribution is 7.11. The zero-order valence-electron chi connectivity index (χ0n) is 15.4. The molecule has 0 aliphatic heterocycles. The molecule has 0 bridgehead atoms. The molecule has 3 rings (SSSR count). The summed E-state index contributed by atoms with van der Waals surface area (Å²) < 4.78 is 10.5. The summed E-state index contributed by atoms with van der Waals surface area (Å²) in [6.07, 6.45) is 6.83. The molecule has 6 nitrogen and oxygen atoms in total. The Balaban J connectivity index is 1.48. The second kappa shape index (κ2) is 8.89. The molecular weight excluding hydrogens is 348 g/mol. The normalized spacial score (nSPS) is 14.0. The number of benzene rings is 1. The third kappa shape index (κ3) is 4.66. The molecule has 7 heteroatoms. The fourth-order valence-electron chi connectivity index (χ4n) is 3.04. The van der Waals surface area contributed by atoms with Gasteiger partial charge in [0, 0.05) is 29.6 Å². The fraction of sp³-hybridized carbons (Fsp3) is 0.474. The van der Waals surface area contributed by atoms with Crippen LogP contribution in [0.25, 0.3) is 0 Å². The summed E-state index contributed by atoms with van der Waals surface area (Å²) in [5, 5.41) is 4.32. The lowest BCUT2D eigenvalue weighted by Crippen LogP contribution is -2.22. The van der Waals surface area contributed by atoms with E-state index in [-0.39, 0.29) is 0 Å². The highest BCUT2D eigenvalue weighted by Crippen LogP contribution is 2.29. The van der Waals surface area contributed by atoms with Crippen LogP contribution >= 0.6 is 11.3 Å². The van der Waals surface area contributed by atoms with Gasteiger partial charge in [0.25, 0.3) is 0 Å². The first-order chi connectivity index (χ1) is 12.7. The van der Waals surface area contributed by atoms with Crippen molar-refractivity contribution in [3.63, 3.8) is 0 Å². The van der Waals surface area contributed by atoms with E-state index < -0.39 is 0 Å². The van der Waals surface area contributed by atoms with E-state index in [1.807, 2.05) is 29.5 Å². The minimum Gasteiger partial charge on any atom is -0.493 e. The molecule has 140 valence electrons. The number of hydrogen-bond donors (Lipinski definition) is 2. The van der Waals surface area contributed by atoms with Gasteiger partial charge in [-0.25, -0.2) is 4.98 Å². The summed E-state index contributed by atoms with van der Waals surface area (Å²) in [6, 6.07) is 5.55. The second-order valence-electron chi connectivity index (χ2n) is 6.25. The standard InChI is InChI=1S/C19H26N4O2S/c1-24-15-10-9-13(12-16(15)25-2)22-19(20)21-11-5-8-18-23-14-6-3-4-7-17(14)26-18/h9-10,12H,3-8,11H2,1-2H3,(H3,20,21,22). The maximum Gasteiger partial charge on any atom is 0.193 e. The molecule has 1 aliphatic carbocycles. The molecule has 1 heterocycles. The van der Waals surface area contributed by atoms with E-state index in [2.05, 4.69) is 10.3 Å². The molecule has 0 unspecified atom stereocenters. The lowest BCUT2D eigenvalue weighted by molar-refractivity contribution is 0.355. The van der Waals surface area contributed by atoms with Crippen molar-refractivity contribution in [3.8, 4) is 11.5 Å². The number of hydrogen-bond acceptors (Lipinski definition) is 5. The van der Waals surface area contributed by atoms with Crippen LogP contribution in [0, 0.1) is 0 Å². The minimum absolute atomic E-state index is 0.399. The molecule has 0 fully saturated rings. The maximum absolute atomic E-state index is 5.98. The molecule has 0 amide bonds. The Morgan fingerprint density at radius 3 is 2.81 bits per heavy atom. The number of nitrogens with two attached hydrogens (primary N) is 1. The number of nitrogens with zero attached hydrogens (tertiary/aromatic N) is 2. The summed E-state index contributed by atoms with van der Waals surface area (Å²) in [5.74, 6) is 1.73. The molecule has 0 saturated heterocycles. The van der Waals surface area contributed by atoms with Crippen molar-refractivity contribution in [3.05, 3.63) is 33.8 Å². The topological polar surface area (TPSA) is 81.8 Å². The Morgan fingerprint density at radius 2 is 2.04 bits per heavy atom. The Labute approximate surface area is 158 Å². The summed E-state index contributed by atoms with van der Waals surface area (Å²) in [6.45, 7) is 0.677. The third-order valence-electron chi connectivity index (χ3n) is 4.38. The van der Waals surface area contributed by atoms with Crippen LogP contribution in [0.5, 0.6) is 11.5 Å². The Morgan fingerprint density at radius 1 is 1.23 bits per heavy atom. The van der Waals surface area contributed by atoms with Gasteiger partial charge >= 0.3 is 0 Å². The highest BCUT2D eigenvalue weighted by atomic mass is 32.1. The number of thiazole rings is 1. The number of aromatic nitrogens is 1. The smallest absolute Gasteiger partial charge is 0.193 e. The van der Waals surface area contributed by atoms with Gasteiger partial charge in [-0.1, -0.05) is 0 Å². The average molecular weight is 375 g/mol. The van der Waals surface area contributed by atoms with Crippen LogP contribution in [-0.4, -0.2) is 31.7 Å². The SMILES string of the molecule is COc1ccc(NC(N)=NCCCc2nc3c(s2)CCCC3)cc1OC. The quantitative estimate of drug-likeness (QED) is 0.441. The third-order valence-corrected chi connectivity index (χ3v) is 5.59. The van der Waals surface area contributed by atoms with Crippen LogP contribution in [0.1, 0.15) is 34.8 Å². The van der Waals surface area contributed by atoms with Crippen molar-refractivity contribution < 1.29 is 9.47 Å². The van der Waals surface area contributed by atoms with Crippen molar-refractivity contribution in [2.75, 3.05) is 26.1 Å². The molecule has 0 radical (unpaired) electrons. The summed E-state index contributed by atoms with van der Waals surface area (Å²) in [5.41, 5.74) is 8.12. The molecule has 1 aromatic heterocycles. The van der Waals surface area contributed by atoms with Gasteiger partial charge in [-0.15, -0.1) is 11.3 Å². The van der Waals surface area contributed by atoms with E-state index in [1.165, 1.54) is 34.8 Å². The van der Waals surface area contributed by atoms with Crippen molar-refractivity contribution in [1.29, 1.82) is 0 Å². The largest absolute Gasteiger partial charge is 0.493 e. The van der Waals surface area contributed by atoms with Gasteiger partial charge in [0.1, 0.15) is 0 Å². The van der Waals surface area contributed by atoms with Crippen LogP contribution in [0.4, 0.5) is 5.69 Å². The first-order valence-electron chi connectivity index (χ1n) is 8.96. The summed E-state index contributed by atoms with van der Waals surface area (Å²) in [4.78, 5) is 10.7. The van der Waals surface area contributed by atoms with E-state index >= 15 is 0 Å². The zero-order chi connectivity index (χ0) is 18.4. The lowest BCUT2D eigenvalue weighted by atomic mass is 10.0. The number of guanidine groups is 1. The van der Waals surface area contributed by atoms with Crippen LogP contribution in [0.2, 0.25) is 0 Å². The number of nitrogens with one attached hydrogen (secondary N) is 1. The second-order valence-corrected chi connectivity index (χ2v) is 7.42. The van der Waals surface area contributed by atoms with Crippen molar-refractivity contribution in [1.82, 2.24) is 4.98 Å². The van der Waals surface area contributed by atoms with Crippen LogP contribution in [0.3, 0.4) is 0 Å². The molecule has 2 aromatic rings. The van der Waals surface area contributed by atoms with E-state index in [9.17, 15) is 0 Å². The van der Waals surface area contributed by atoms with Crippen LogP contribution in [0.15, 0.2) is 23.2 Å². The number of anilines is 1. The first kappa shape index (κ1) is 18.5.